The second kappa shape index (κ2) is 8.10. The molecule has 0 saturated carbocycles. The number of nitrogens with zero attached hydrogens (tertiary/aromatic N) is 2. The quantitative estimate of drug-likeness (QED) is 0.638. The molecule has 0 radical (unpaired) electrons. The molecule has 0 spiro atoms. The average molecular weight is 335 g/mol. The minimum Gasteiger partial charge on any atom is -0.491 e. The third-order valence-electron chi connectivity index (χ3n) is 4.01. The van der Waals surface area contributed by atoms with E-state index in [4.69, 9.17) is 4.74 Å². The van der Waals surface area contributed by atoms with Gasteiger partial charge in [-0.15, -0.1) is 0 Å². The number of carbonyl (C=O) groups excluding carboxylic acids is 1. The van der Waals surface area contributed by atoms with Gasteiger partial charge < -0.3 is 10.1 Å². The molecule has 1 saturated heterocycles. The molecule has 1 heterocycles. The smallest absolute Gasteiger partial charge is 0.270 e. The van der Waals surface area contributed by atoms with Crippen molar-refractivity contribution >= 4 is 11.6 Å². The molecule has 1 aliphatic rings. The number of rotatable bonds is 6. The third-order valence-corrected chi connectivity index (χ3v) is 4.01. The molecule has 7 heteroatoms. The van der Waals surface area contributed by atoms with E-state index in [0.717, 1.165) is 31.5 Å². The number of amides is 1. The first-order chi connectivity index (χ1) is 11.3. The molecule has 0 atom stereocenters. The molecule has 24 heavy (non-hydrogen) atoms. The highest BCUT2D eigenvalue weighted by Crippen LogP contribution is 2.27. The number of nitrogens with one attached hydrogen (secondary N) is 1. The topological polar surface area (TPSA) is 84.7 Å². The summed E-state index contributed by atoms with van der Waals surface area (Å²) in [6, 6.07) is 4.97. The Morgan fingerprint density at radius 2 is 2.08 bits per heavy atom. The standard InChI is InChI=1S/C17H25N3O4/c1-12(2)24-17-5-4-16(20(22)23)10-14(17)11-19-8-6-15(7-9-19)18-13(3)21/h4-5,10,12,15H,6-9,11H2,1-3H3,(H,18,21). The molecule has 0 aliphatic carbocycles. The SMILES string of the molecule is CC(=O)NC1CCN(Cc2cc([N+](=O)[O-])ccc2OC(C)C)CC1. The second-order valence-corrected chi connectivity index (χ2v) is 6.47. The van der Waals surface area contributed by atoms with Crippen LogP contribution in [-0.2, 0) is 11.3 Å². The van der Waals surface area contributed by atoms with E-state index in [1.807, 2.05) is 13.8 Å². The molecule has 132 valence electrons. The minimum atomic E-state index is -0.383. The van der Waals surface area contributed by atoms with Gasteiger partial charge in [0.05, 0.1) is 11.0 Å². The van der Waals surface area contributed by atoms with Crippen LogP contribution < -0.4 is 10.1 Å². The number of carbonyl (C=O) groups is 1. The van der Waals surface area contributed by atoms with E-state index >= 15 is 0 Å². The summed E-state index contributed by atoms with van der Waals surface area (Å²) in [6.45, 7) is 7.69. The largest absolute Gasteiger partial charge is 0.491 e. The molecule has 7 nitrogen and oxygen atoms in total. The van der Waals surface area contributed by atoms with Gasteiger partial charge in [0.15, 0.2) is 0 Å². The Balaban J connectivity index is 2.06. The van der Waals surface area contributed by atoms with Crippen LogP contribution in [0, 0.1) is 10.1 Å². The van der Waals surface area contributed by atoms with Gasteiger partial charge in [0.2, 0.25) is 5.91 Å². The molecule has 0 bridgehead atoms. The van der Waals surface area contributed by atoms with Crippen molar-refractivity contribution in [1.82, 2.24) is 10.2 Å². The molecule has 1 aromatic carbocycles. The lowest BCUT2D eigenvalue weighted by molar-refractivity contribution is -0.385. The lowest BCUT2D eigenvalue weighted by atomic mass is 10.0. The number of benzene rings is 1. The molecule has 0 unspecified atom stereocenters. The van der Waals surface area contributed by atoms with E-state index in [-0.39, 0.29) is 28.7 Å². The van der Waals surface area contributed by atoms with Gasteiger partial charge in [-0.1, -0.05) is 0 Å². The maximum absolute atomic E-state index is 11.1. The van der Waals surface area contributed by atoms with E-state index in [1.165, 1.54) is 13.0 Å². The first kappa shape index (κ1) is 18.2. The van der Waals surface area contributed by atoms with Crippen molar-refractivity contribution in [2.24, 2.45) is 0 Å². The van der Waals surface area contributed by atoms with Crippen LogP contribution in [-0.4, -0.2) is 41.0 Å². The van der Waals surface area contributed by atoms with Crippen LogP contribution in [0.5, 0.6) is 5.75 Å². The van der Waals surface area contributed by atoms with Crippen LogP contribution >= 0.6 is 0 Å². The first-order valence-electron chi connectivity index (χ1n) is 8.28. The molecule has 1 aromatic rings. The van der Waals surface area contributed by atoms with Gasteiger partial charge >= 0.3 is 0 Å². The van der Waals surface area contributed by atoms with Crippen LogP contribution in [0.2, 0.25) is 0 Å². The lowest BCUT2D eigenvalue weighted by Gasteiger charge is -2.32. The maximum Gasteiger partial charge on any atom is 0.270 e. The van der Waals surface area contributed by atoms with Crippen LogP contribution in [0.1, 0.15) is 39.2 Å². The molecule has 1 fully saturated rings. The van der Waals surface area contributed by atoms with E-state index in [2.05, 4.69) is 10.2 Å². The zero-order valence-electron chi connectivity index (χ0n) is 14.4. The predicted molar refractivity (Wildman–Crippen MR) is 91.0 cm³/mol. The summed E-state index contributed by atoms with van der Waals surface area (Å²) in [7, 11) is 0. The Bertz CT molecular complexity index is 595. The number of nitro groups is 1. The van der Waals surface area contributed by atoms with Crippen molar-refractivity contribution in [1.29, 1.82) is 0 Å². The molecule has 0 aromatic heterocycles. The number of piperidine rings is 1. The van der Waals surface area contributed by atoms with Crippen molar-refractivity contribution in [3.63, 3.8) is 0 Å². The summed E-state index contributed by atoms with van der Waals surface area (Å²) in [5.74, 6) is 0.694. The van der Waals surface area contributed by atoms with Gasteiger partial charge in [0.1, 0.15) is 5.75 Å². The Labute approximate surface area is 142 Å². The zero-order chi connectivity index (χ0) is 17.7. The summed E-state index contributed by atoms with van der Waals surface area (Å²) < 4.78 is 5.79. The normalized spacial score (nSPS) is 16.2. The van der Waals surface area contributed by atoms with Gasteiger partial charge in [-0.05, 0) is 32.8 Å². The van der Waals surface area contributed by atoms with Gasteiger partial charge in [-0.2, -0.15) is 0 Å². The van der Waals surface area contributed by atoms with Crippen LogP contribution in [0.3, 0.4) is 0 Å². The summed E-state index contributed by atoms with van der Waals surface area (Å²) in [4.78, 5) is 24.0. The van der Waals surface area contributed by atoms with Crippen molar-refractivity contribution in [2.45, 2.75) is 52.3 Å². The fourth-order valence-corrected chi connectivity index (χ4v) is 2.94. The van der Waals surface area contributed by atoms with Crippen molar-refractivity contribution in [2.75, 3.05) is 13.1 Å². The maximum atomic E-state index is 11.1. The highest BCUT2D eigenvalue weighted by Gasteiger charge is 2.22. The highest BCUT2D eigenvalue weighted by atomic mass is 16.6. The Kier molecular flexibility index (Phi) is 6.14. The Morgan fingerprint density at radius 3 is 2.62 bits per heavy atom. The number of non-ortho nitro benzene ring substituents is 1. The van der Waals surface area contributed by atoms with Crippen molar-refractivity contribution in [3.8, 4) is 5.75 Å². The summed E-state index contributed by atoms with van der Waals surface area (Å²) in [5, 5.41) is 14.0. The van der Waals surface area contributed by atoms with Crippen molar-refractivity contribution < 1.29 is 14.5 Å². The van der Waals surface area contributed by atoms with Crippen LogP contribution in [0.4, 0.5) is 5.69 Å². The third kappa shape index (κ3) is 5.19. The van der Waals surface area contributed by atoms with Gasteiger partial charge in [0.25, 0.3) is 5.69 Å². The predicted octanol–water partition coefficient (Wildman–Crippen LogP) is 2.48. The van der Waals surface area contributed by atoms with E-state index in [0.29, 0.717) is 12.3 Å². The Hall–Kier alpha value is -2.15. The number of hydrogen-bond acceptors (Lipinski definition) is 5. The average Bonchev–Trinajstić information content (AvgIpc) is 2.49. The highest BCUT2D eigenvalue weighted by molar-refractivity contribution is 5.73. The van der Waals surface area contributed by atoms with Crippen molar-refractivity contribution in [3.05, 3.63) is 33.9 Å². The van der Waals surface area contributed by atoms with E-state index in [1.54, 1.807) is 12.1 Å². The number of nitro benzene ring substituents is 1. The van der Waals surface area contributed by atoms with Crippen LogP contribution in [0.15, 0.2) is 18.2 Å². The fourth-order valence-electron chi connectivity index (χ4n) is 2.94. The molecule has 1 N–H and O–H groups in total. The van der Waals surface area contributed by atoms with Gasteiger partial charge in [-0.3, -0.25) is 19.8 Å². The lowest BCUT2D eigenvalue weighted by Crippen LogP contribution is -2.43. The zero-order valence-corrected chi connectivity index (χ0v) is 14.4. The van der Waals surface area contributed by atoms with Gasteiger partial charge in [0, 0.05) is 50.3 Å². The number of likely N-dealkylation sites (tertiary alicyclic amines) is 1. The molecule has 2 rings (SSSR count). The van der Waals surface area contributed by atoms with Gasteiger partial charge in [-0.25, -0.2) is 0 Å². The van der Waals surface area contributed by atoms with Crippen LogP contribution in [0.25, 0.3) is 0 Å². The summed E-state index contributed by atoms with van der Waals surface area (Å²) >= 11 is 0. The number of hydrogen-bond donors (Lipinski definition) is 1. The van der Waals surface area contributed by atoms with E-state index < -0.39 is 0 Å². The number of ether oxygens (including phenoxy) is 1. The molecular weight excluding hydrogens is 310 g/mol. The molecule has 1 aliphatic heterocycles. The summed E-state index contributed by atoms with van der Waals surface area (Å²) in [6.07, 6.45) is 1.78. The Morgan fingerprint density at radius 1 is 1.42 bits per heavy atom. The first-order valence-corrected chi connectivity index (χ1v) is 8.28. The fraction of sp³-hybridized carbons (Fsp3) is 0.588. The van der Waals surface area contributed by atoms with E-state index in [9.17, 15) is 14.9 Å². The molecular formula is C17H25N3O4. The monoisotopic (exact) mass is 335 g/mol. The minimum absolute atomic E-state index is 0.000228. The second-order valence-electron chi connectivity index (χ2n) is 6.47. The molecule has 1 amide bonds. The summed E-state index contributed by atoms with van der Waals surface area (Å²) in [5.41, 5.74) is 0.908.